The maximum Gasteiger partial charge on any atom is 0.407 e. The van der Waals surface area contributed by atoms with Crippen molar-refractivity contribution in [3.05, 3.63) is 28.6 Å². The summed E-state index contributed by atoms with van der Waals surface area (Å²) in [5, 5.41) is 2.57. The fourth-order valence-corrected chi connectivity index (χ4v) is 3.11. The Hall–Kier alpha value is -3.28. The molecule has 0 aliphatic heterocycles. The van der Waals surface area contributed by atoms with E-state index >= 15 is 0 Å². The normalized spacial score (nSPS) is 15.4. The molecule has 1 aliphatic rings. The second kappa shape index (κ2) is 10.2. The molecule has 0 saturated heterocycles. The summed E-state index contributed by atoms with van der Waals surface area (Å²) in [6.45, 7) is 2.41. The predicted octanol–water partition coefficient (Wildman–Crippen LogP) is 0.947. The van der Waals surface area contributed by atoms with Gasteiger partial charge in [-0.15, -0.1) is 0 Å². The van der Waals surface area contributed by atoms with E-state index in [1.54, 1.807) is 13.0 Å². The van der Waals surface area contributed by atoms with E-state index in [1.165, 1.54) is 0 Å². The fraction of sp³-hybridized carbons (Fsp3) is 0.474. The van der Waals surface area contributed by atoms with Crippen molar-refractivity contribution in [3.63, 3.8) is 0 Å². The van der Waals surface area contributed by atoms with Crippen molar-refractivity contribution in [2.75, 3.05) is 19.8 Å². The summed E-state index contributed by atoms with van der Waals surface area (Å²) >= 11 is 0. The van der Waals surface area contributed by atoms with Gasteiger partial charge in [0.25, 0.3) is 5.91 Å². The minimum atomic E-state index is -0.539. The number of terminal acetylenes is 1. The van der Waals surface area contributed by atoms with Crippen LogP contribution in [0.1, 0.15) is 52.5 Å². The minimum absolute atomic E-state index is 0.0452. The lowest BCUT2D eigenvalue weighted by molar-refractivity contribution is 0.100. The molecule has 1 aliphatic carbocycles. The van der Waals surface area contributed by atoms with Gasteiger partial charge >= 0.3 is 6.09 Å². The zero-order valence-electron chi connectivity index (χ0n) is 15.9. The summed E-state index contributed by atoms with van der Waals surface area (Å²) in [7, 11) is 0. The summed E-state index contributed by atoms with van der Waals surface area (Å²) in [4.78, 5) is 32.2. The number of fused-ring (bicyclic) bond motifs is 1. The molecular weight excluding hydrogens is 362 g/mol. The topological polar surface area (TPSA) is 142 Å². The monoisotopic (exact) mass is 387 g/mol. The number of aryl methyl sites for hydroxylation is 2. The van der Waals surface area contributed by atoms with E-state index in [9.17, 15) is 9.59 Å². The molecule has 5 N–H and O–H groups in total. The van der Waals surface area contributed by atoms with Gasteiger partial charge in [0.15, 0.2) is 5.96 Å². The largest absolute Gasteiger partial charge is 0.449 e. The van der Waals surface area contributed by atoms with Gasteiger partial charge in [-0.3, -0.25) is 9.78 Å². The molecule has 0 fully saturated rings. The van der Waals surface area contributed by atoms with Crippen molar-refractivity contribution < 1.29 is 19.1 Å². The predicted molar refractivity (Wildman–Crippen MR) is 104 cm³/mol. The van der Waals surface area contributed by atoms with Crippen LogP contribution in [-0.2, 0) is 15.9 Å². The van der Waals surface area contributed by atoms with Crippen LogP contribution in [0.15, 0.2) is 11.1 Å². The van der Waals surface area contributed by atoms with Crippen molar-refractivity contribution in [3.8, 4) is 12.5 Å². The van der Waals surface area contributed by atoms with Crippen molar-refractivity contribution in [2.24, 2.45) is 16.5 Å². The van der Waals surface area contributed by atoms with Crippen LogP contribution in [0.4, 0.5) is 4.79 Å². The Morgan fingerprint density at radius 3 is 2.93 bits per heavy atom. The molecular formula is C19H25N5O4. The average molecular weight is 387 g/mol. The zero-order valence-corrected chi connectivity index (χ0v) is 15.9. The molecule has 1 aromatic rings. The molecule has 2 rings (SSSR count). The van der Waals surface area contributed by atoms with Crippen molar-refractivity contribution >= 4 is 18.0 Å². The molecule has 0 bridgehead atoms. The third kappa shape index (κ3) is 5.87. The summed E-state index contributed by atoms with van der Waals surface area (Å²) in [5.41, 5.74) is 13.3. The van der Waals surface area contributed by atoms with E-state index in [1.807, 2.05) is 6.11 Å². The van der Waals surface area contributed by atoms with Gasteiger partial charge in [0.05, 0.1) is 23.5 Å². The molecule has 1 heterocycles. The molecule has 9 heteroatoms. The number of rotatable bonds is 6. The van der Waals surface area contributed by atoms with E-state index < -0.39 is 12.0 Å². The lowest BCUT2D eigenvalue weighted by Crippen LogP contribution is -2.29. The highest BCUT2D eigenvalue weighted by Crippen LogP contribution is 2.31. The van der Waals surface area contributed by atoms with Crippen LogP contribution >= 0.6 is 0 Å². The Bertz CT molecular complexity index is 796. The highest BCUT2D eigenvalue weighted by atomic mass is 16.5. The number of aromatic nitrogens is 1. The molecule has 150 valence electrons. The molecule has 0 saturated carbocycles. The summed E-state index contributed by atoms with van der Waals surface area (Å²) in [5.74, 6) is -0.848. The number of nitrogens with two attached hydrogens (primary N) is 2. The Morgan fingerprint density at radius 2 is 2.21 bits per heavy atom. The average Bonchev–Trinajstić information content (AvgIpc) is 2.84. The SMILES string of the molecule is C#COCCNC(=O)OCC1CCCCc2cc(C(=O)N=C(N)N)c(C)nc21. The van der Waals surface area contributed by atoms with E-state index in [-0.39, 0.29) is 31.6 Å². The quantitative estimate of drug-likeness (QED) is 0.217. The first-order valence-electron chi connectivity index (χ1n) is 9.04. The van der Waals surface area contributed by atoms with Crippen LogP contribution in [0.5, 0.6) is 0 Å². The number of ether oxygens (including phenoxy) is 2. The number of nitrogens with one attached hydrogen (secondary N) is 1. The van der Waals surface area contributed by atoms with E-state index in [2.05, 4.69) is 15.3 Å². The number of nitrogens with zero attached hydrogens (tertiary/aromatic N) is 2. The van der Waals surface area contributed by atoms with E-state index in [0.717, 1.165) is 36.9 Å². The number of hydrogen-bond donors (Lipinski definition) is 3. The maximum atomic E-state index is 12.2. The van der Waals surface area contributed by atoms with Crippen molar-refractivity contribution in [1.82, 2.24) is 10.3 Å². The number of amides is 2. The first-order valence-corrected chi connectivity index (χ1v) is 9.04. The summed E-state index contributed by atoms with van der Waals surface area (Å²) < 4.78 is 10.0. The van der Waals surface area contributed by atoms with Crippen molar-refractivity contribution in [2.45, 2.75) is 38.5 Å². The van der Waals surface area contributed by atoms with Crippen LogP contribution < -0.4 is 16.8 Å². The molecule has 2 amide bonds. The Balaban J connectivity index is 2.10. The number of aliphatic imine (C=N–C) groups is 1. The Labute approximate surface area is 163 Å². The molecule has 0 spiro atoms. The van der Waals surface area contributed by atoms with Crippen molar-refractivity contribution in [1.29, 1.82) is 0 Å². The summed E-state index contributed by atoms with van der Waals surface area (Å²) in [6.07, 6.45) is 10.0. The first kappa shape index (κ1) is 21.0. The van der Waals surface area contributed by atoms with Crippen LogP contribution in [0.3, 0.4) is 0 Å². The molecule has 28 heavy (non-hydrogen) atoms. The maximum absolute atomic E-state index is 12.2. The number of hydrogen-bond acceptors (Lipinski definition) is 5. The molecule has 0 radical (unpaired) electrons. The standard InChI is InChI=1S/C19H25N5O4/c1-3-27-9-8-22-19(26)28-11-14-7-5-4-6-13-10-15(12(2)23-16(13)14)17(25)24-18(20)21/h1,10,14H,4-9,11H2,2H3,(H,22,26)(H4,20,21,24,25). The lowest BCUT2D eigenvalue weighted by Gasteiger charge is -2.18. The van der Waals surface area contributed by atoms with Crippen LogP contribution in [0.25, 0.3) is 0 Å². The smallest absolute Gasteiger partial charge is 0.407 e. The van der Waals surface area contributed by atoms with Crippen LogP contribution in [-0.4, -0.2) is 42.7 Å². The number of carbonyl (C=O) groups excluding carboxylic acids is 2. The summed E-state index contributed by atoms with van der Waals surface area (Å²) in [6, 6.07) is 1.79. The first-order chi connectivity index (χ1) is 13.4. The highest BCUT2D eigenvalue weighted by Gasteiger charge is 2.24. The molecule has 1 aromatic heterocycles. The minimum Gasteiger partial charge on any atom is -0.449 e. The molecule has 1 unspecified atom stereocenters. The van der Waals surface area contributed by atoms with Gasteiger partial charge in [-0.25, -0.2) is 4.79 Å². The molecule has 1 atom stereocenters. The van der Waals surface area contributed by atoms with Gasteiger partial charge in [0.2, 0.25) is 0 Å². The van der Waals surface area contributed by atoms with Gasteiger partial charge in [-0.1, -0.05) is 12.8 Å². The fourth-order valence-electron chi connectivity index (χ4n) is 3.11. The second-order valence-electron chi connectivity index (χ2n) is 6.44. The number of pyridine rings is 1. The lowest BCUT2D eigenvalue weighted by atomic mass is 9.96. The highest BCUT2D eigenvalue weighted by molar-refractivity contribution is 6.02. The van der Waals surface area contributed by atoms with Gasteiger partial charge in [-0.05, 0) is 37.8 Å². The van der Waals surface area contributed by atoms with Gasteiger partial charge < -0.3 is 26.3 Å². The van der Waals surface area contributed by atoms with Crippen LogP contribution in [0, 0.1) is 19.5 Å². The van der Waals surface area contributed by atoms with E-state index in [0.29, 0.717) is 11.3 Å². The number of guanidine groups is 1. The Morgan fingerprint density at radius 1 is 1.43 bits per heavy atom. The van der Waals surface area contributed by atoms with Gasteiger partial charge in [0.1, 0.15) is 19.3 Å². The third-order valence-electron chi connectivity index (χ3n) is 4.39. The van der Waals surface area contributed by atoms with Gasteiger partial charge in [0, 0.05) is 5.92 Å². The molecule has 9 nitrogen and oxygen atoms in total. The second-order valence-corrected chi connectivity index (χ2v) is 6.44. The number of alkyl carbamates (subject to hydrolysis) is 1. The van der Waals surface area contributed by atoms with Gasteiger partial charge in [-0.2, -0.15) is 4.99 Å². The number of carbonyl (C=O) groups is 2. The van der Waals surface area contributed by atoms with Crippen LogP contribution in [0.2, 0.25) is 0 Å². The zero-order chi connectivity index (χ0) is 20.5. The Kier molecular flexibility index (Phi) is 7.63. The third-order valence-corrected chi connectivity index (χ3v) is 4.39. The molecule has 0 aromatic carbocycles. The van der Waals surface area contributed by atoms with E-state index in [4.69, 9.17) is 27.4 Å².